The van der Waals surface area contributed by atoms with E-state index in [-0.39, 0.29) is 42.2 Å². The van der Waals surface area contributed by atoms with Gasteiger partial charge in [0.05, 0.1) is 24.3 Å². The number of nitrogens with zero attached hydrogens (tertiary/aromatic N) is 1. The van der Waals surface area contributed by atoms with Crippen LogP contribution in [0.25, 0.3) is 0 Å². The standard InChI is InChI=1S/C35H46N2O11/c1-32(2,3)45-27(39)20-35(30(42)46-33(4,5)6)19-25(37-48-35)24-13-10-14-26(38)28(24)44-17-11-12-21-18-22(15-16-23(21)29(40)41)36-31(43)47-34(7,8)9/h10,13-16,18,38H,11-12,17,19-20H2,1-9H3,(H,36,43)(H,40,41). The van der Waals surface area contributed by atoms with Crippen molar-refractivity contribution in [3.8, 4) is 11.5 Å². The molecule has 0 bridgehead atoms. The summed E-state index contributed by atoms with van der Waals surface area (Å²) in [5.74, 6) is -2.73. The van der Waals surface area contributed by atoms with Crippen molar-refractivity contribution in [3.05, 3.63) is 53.1 Å². The van der Waals surface area contributed by atoms with Crippen molar-refractivity contribution in [2.24, 2.45) is 5.16 Å². The second-order valence-electron chi connectivity index (χ2n) is 14.5. The van der Waals surface area contributed by atoms with E-state index in [1.54, 1.807) is 80.5 Å². The number of benzene rings is 2. The molecule has 0 saturated carbocycles. The Morgan fingerprint density at radius 2 is 1.56 bits per heavy atom. The number of amides is 1. The maximum absolute atomic E-state index is 13.4. The van der Waals surface area contributed by atoms with Crippen LogP contribution < -0.4 is 10.1 Å². The number of ether oxygens (including phenoxy) is 4. The maximum Gasteiger partial charge on any atom is 0.412 e. The number of nitrogens with one attached hydrogen (secondary N) is 1. The summed E-state index contributed by atoms with van der Waals surface area (Å²) in [6, 6.07) is 9.06. The van der Waals surface area contributed by atoms with Gasteiger partial charge in [-0.05, 0) is 111 Å². The number of esters is 2. The Bertz CT molecular complexity index is 1560. The van der Waals surface area contributed by atoms with Gasteiger partial charge >= 0.3 is 24.0 Å². The number of carboxylic acids is 1. The van der Waals surface area contributed by atoms with E-state index < -0.39 is 52.8 Å². The Morgan fingerprint density at radius 1 is 0.917 bits per heavy atom. The molecular formula is C35H46N2O11. The second-order valence-corrected chi connectivity index (χ2v) is 14.5. The van der Waals surface area contributed by atoms with Gasteiger partial charge in [-0.1, -0.05) is 11.2 Å². The third-order valence-corrected chi connectivity index (χ3v) is 6.53. The highest BCUT2D eigenvalue weighted by Gasteiger charge is 2.52. The van der Waals surface area contributed by atoms with Crippen molar-refractivity contribution in [1.82, 2.24) is 0 Å². The number of hydrogen-bond donors (Lipinski definition) is 3. The third-order valence-electron chi connectivity index (χ3n) is 6.53. The monoisotopic (exact) mass is 670 g/mol. The van der Waals surface area contributed by atoms with E-state index in [9.17, 15) is 29.4 Å². The van der Waals surface area contributed by atoms with Crippen LogP contribution >= 0.6 is 0 Å². The van der Waals surface area contributed by atoms with Crippen molar-refractivity contribution in [1.29, 1.82) is 0 Å². The van der Waals surface area contributed by atoms with E-state index in [4.69, 9.17) is 23.8 Å². The zero-order valence-electron chi connectivity index (χ0n) is 29.0. The van der Waals surface area contributed by atoms with Crippen LogP contribution in [0, 0.1) is 0 Å². The quantitative estimate of drug-likeness (QED) is 0.137. The van der Waals surface area contributed by atoms with Gasteiger partial charge in [-0.3, -0.25) is 10.1 Å². The average Bonchev–Trinajstić information content (AvgIpc) is 3.33. The number of phenolic OH excluding ortho intramolecular Hbond substituents is 1. The number of aromatic hydroxyl groups is 1. The summed E-state index contributed by atoms with van der Waals surface area (Å²) in [5.41, 5.74) is -2.74. The predicted molar refractivity (Wildman–Crippen MR) is 176 cm³/mol. The molecule has 13 heteroatoms. The summed E-state index contributed by atoms with van der Waals surface area (Å²) in [7, 11) is 0. The molecule has 0 aliphatic carbocycles. The lowest BCUT2D eigenvalue weighted by atomic mass is 9.90. The molecular weight excluding hydrogens is 624 g/mol. The molecule has 262 valence electrons. The predicted octanol–water partition coefficient (Wildman–Crippen LogP) is 6.39. The molecule has 1 aliphatic rings. The first-order valence-electron chi connectivity index (χ1n) is 15.6. The van der Waals surface area contributed by atoms with Crippen molar-refractivity contribution in [2.75, 3.05) is 11.9 Å². The molecule has 0 fully saturated rings. The number of anilines is 1. The van der Waals surface area contributed by atoms with Crippen molar-refractivity contribution < 1.29 is 53.2 Å². The molecule has 1 aliphatic heterocycles. The largest absolute Gasteiger partial charge is 0.504 e. The van der Waals surface area contributed by atoms with Crippen molar-refractivity contribution in [2.45, 2.75) is 110 Å². The lowest BCUT2D eigenvalue weighted by Crippen LogP contribution is -2.46. The highest BCUT2D eigenvalue weighted by Crippen LogP contribution is 2.38. The first-order chi connectivity index (χ1) is 22.1. The van der Waals surface area contributed by atoms with Gasteiger partial charge in [-0.25, -0.2) is 14.4 Å². The number of carbonyl (C=O) groups excluding carboxylic acids is 3. The zero-order chi connectivity index (χ0) is 36.1. The smallest absolute Gasteiger partial charge is 0.412 e. The molecule has 3 rings (SSSR count). The number of phenols is 1. The lowest BCUT2D eigenvalue weighted by molar-refractivity contribution is -0.188. The minimum absolute atomic E-state index is 0.0522. The van der Waals surface area contributed by atoms with Crippen LogP contribution in [0.5, 0.6) is 11.5 Å². The molecule has 0 spiro atoms. The van der Waals surface area contributed by atoms with Crippen LogP contribution in [-0.2, 0) is 35.1 Å². The molecule has 2 aromatic carbocycles. The van der Waals surface area contributed by atoms with Gasteiger partial charge in [0.25, 0.3) is 0 Å². The van der Waals surface area contributed by atoms with Crippen LogP contribution in [0.2, 0.25) is 0 Å². The molecule has 2 aromatic rings. The molecule has 0 aromatic heterocycles. The Kier molecular flexibility index (Phi) is 11.4. The van der Waals surface area contributed by atoms with Gasteiger partial charge in [-0.2, -0.15) is 0 Å². The van der Waals surface area contributed by atoms with E-state index in [2.05, 4.69) is 10.5 Å². The summed E-state index contributed by atoms with van der Waals surface area (Å²) < 4.78 is 22.3. The maximum atomic E-state index is 13.4. The van der Waals surface area contributed by atoms with E-state index >= 15 is 0 Å². The fourth-order valence-electron chi connectivity index (χ4n) is 4.73. The fourth-order valence-corrected chi connectivity index (χ4v) is 4.73. The highest BCUT2D eigenvalue weighted by molar-refractivity contribution is 6.07. The highest BCUT2D eigenvalue weighted by atomic mass is 16.7. The summed E-state index contributed by atoms with van der Waals surface area (Å²) in [4.78, 5) is 56.0. The Balaban J connectivity index is 1.78. The topological polar surface area (TPSA) is 179 Å². The number of aryl methyl sites for hydroxylation is 1. The number of rotatable bonds is 11. The van der Waals surface area contributed by atoms with Gasteiger partial charge in [0.2, 0.25) is 5.60 Å². The van der Waals surface area contributed by atoms with E-state index in [0.29, 0.717) is 23.2 Å². The van der Waals surface area contributed by atoms with E-state index in [1.807, 2.05) is 0 Å². The molecule has 1 unspecified atom stereocenters. The Morgan fingerprint density at radius 3 is 2.17 bits per heavy atom. The van der Waals surface area contributed by atoms with E-state index in [1.165, 1.54) is 18.2 Å². The number of carbonyl (C=O) groups is 4. The molecule has 1 amide bonds. The second kappa shape index (κ2) is 14.5. The SMILES string of the molecule is CC(C)(C)OC(=O)CC1(C(=O)OC(C)(C)C)CC(c2cccc(O)c2OCCCc2cc(NC(=O)OC(C)(C)C)ccc2C(=O)O)=NO1. The van der Waals surface area contributed by atoms with Crippen LogP contribution in [0.1, 0.15) is 103 Å². The van der Waals surface area contributed by atoms with Crippen LogP contribution in [0.3, 0.4) is 0 Å². The van der Waals surface area contributed by atoms with Gasteiger partial charge in [-0.15, -0.1) is 0 Å². The normalized spacial score (nSPS) is 16.3. The number of aromatic carboxylic acids is 1. The fraction of sp³-hybridized carbons (Fsp3) is 0.514. The summed E-state index contributed by atoms with van der Waals surface area (Å²) in [6.07, 6.45) is -0.716. The van der Waals surface area contributed by atoms with Crippen molar-refractivity contribution in [3.63, 3.8) is 0 Å². The molecule has 0 saturated heterocycles. The Hall–Kier alpha value is -4.81. The lowest BCUT2D eigenvalue weighted by Gasteiger charge is -2.29. The molecule has 0 radical (unpaired) electrons. The summed E-state index contributed by atoms with van der Waals surface area (Å²) in [6.45, 7) is 15.4. The minimum atomic E-state index is -1.81. The number of carboxylic acid groups (broad SMARTS) is 1. The first kappa shape index (κ1) is 37.6. The van der Waals surface area contributed by atoms with Crippen LogP contribution in [0.4, 0.5) is 10.5 Å². The Labute approximate surface area is 280 Å². The molecule has 1 atom stereocenters. The zero-order valence-corrected chi connectivity index (χ0v) is 29.0. The van der Waals surface area contributed by atoms with Gasteiger partial charge < -0.3 is 34.0 Å². The van der Waals surface area contributed by atoms with Gasteiger partial charge in [0.1, 0.15) is 16.8 Å². The number of oxime groups is 1. The van der Waals surface area contributed by atoms with Crippen LogP contribution in [-0.4, -0.2) is 68.9 Å². The third kappa shape index (κ3) is 10.9. The first-order valence-corrected chi connectivity index (χ1v) is 15.6. The number of para-hydroxylation sites is 1. The average molecular weight is 671 g/mol. The van der Waals surface area contributed by atoms with Gasteiger partial charge in [0, 0.05) is 17.7 Å². The summed E-state index contributed by atoms with van der Waals surface area (Å²) >= 11 is 0. The van der Waals surface area contributed by atoms with Gasteiger partial charge in [0.15, 0.2) is 11.5 Å². The molecule has 3 N–H and O–H groups in total. The molecule has 48 heavy (non-hydrogen) atoms. The van der Waals surface area contributed by atoms with E-state index in [0.717, 1.165) is 0 Å². The number of hydrogen-bond acceptors (Lipinski definition) is 11. The minimum Gasteiger partial charge on any atom is -0.504 e. The summed E-state index contributed by atoms with van der Waals surface area (Å²) in [5, 5.41) is 27.2. The van der Waals surface area contributed by atoms with Crippen molar-refractivity contribution >= 4 is 35.4 Å². The molecule has 1 heterocycles. The molecule has 13 nitrogen and oxygen atoms in total. The van der Waals surface area contributed by atoms with Crippen LogP contribution in [0.15, 0.2) is 41.6 Å².